The molecular weight excluding hydrogens is 486 g/mol. The quantitative estimate of drug-likeness (QED) is 0.270. The maximum Gasteiger partial charge on any atom is 0.261 e. The Bertz CT molecular complexity index is 1510. The summed E-state index contributed by atoms with van der Waals surface area (Å²) < 4.78 is 3.90. The molecule has 2 aromatic heterocycles. The SMILES string of the molecule is CCCCCn1c(-c2ccc(N3CCCC3=O)cc2)cn2c(=O)cc(N3CCC(Cc4ccccc4)C3)nc12. The number of carbonyl (C=O) groups excluding carboxylic acids is 1. The number of aromatic nitrogens is 3. The summed E-state index contributed by atoms with van der Waals surface area (Å²) in [5.74, 6) is 2.22. The number of nitrogens with zero attached hydrogens (tertiary/aromatic N) is 5. The third-order valence-corrected chi connectivity index (χ3v) is 8.21. The van der Waals surface area contributed by atoms with Crippen LogP contribution in [0.15, 0.2) is 71.7 Å². The Morgan fingerprint density at radius 2 is 1.79 bits per heavy atom. The number of carbonyl (C=O) groups is 1. The molecule has 6 rings (SSSR count). The first-order chi connectivity index (χ1) is 19.1. The molecule has 0 bridgehead atoms. The first-order valence-electron chi connectivity index (χ1n) is 14.4. The Morgan fingerprint density at radius 1 is 0.974 bits per heavy atom. The minimum atomic E-state index is -0.0451. The van der Waals surface area contributed by atoms with Crippen molar-refractivity contribution in [2.45, 2.75) is 58.4 Å². The first kappa shape index (κ1) is 25.4. The van der Waals surface area contributed by atoms with Gasteiger partial charge >= 0.3 is 0 Å². The van der Waals surface area contributed by atoms with Crippen LogP contribution in [0.2, 0.25) is 0 Å². The summed E-state index contributed by atoms with van der Waals surface area (Å²) in [5.41, 5.74) is 4.26. The largest absolute Gasteiger partial charge is 0.356 e. The van der Waals surface area contributed by atoms with E-state index < -0.39 is 0 Å². The zero-order chi connectivity index (χ0) is 26.8. The molecule has 0 radical (unpaired) electrons. The minimum absolute atomic E-state index is 0.0451. The van der Waals surface area contributed by atoms with Crippen LogP contribution in [0.25, 0.3) is 17.0 Å². The molecule has 1 atom stereocenters. The van der Waals surface area contributed by atoms with Crippen LogP contribution in [0.5, 0.6) is 0 Å². The second-order valence-electron chi connectivity index (χ2n) is 11.0. The van der Waals surface area contributed by atoms with E-state index in [9.17, 15) is 9.59 Å². The second kappa shape index (κ2) is 11.1. The zero-order valence-electron chi connectivity index (χ0n) is 22.8. The maximum atomic E-state index is 13.4. The van der Waals surface area contributed by atoms with E-state index in [2.05, 4.69) is 58.9 Å². The molecule has 2 aliphatic rings. The van der Waals surface area contributed by atoms with E-state index >= 15 is 0 Å². The zero-order valence-corrected chi connectivity index (χ0v) is 22.8. The monoisotopic (exact) mass is 523 g/mol. The Kier molecular flexibility index (Phi) is 7.22. The van der Waals surface area contributed by atoms with Gasteiger partial charge in [0, 0.05) is 50.6 Å². The molecule has 0 N–H and O–H groups in total. The Morgan fingerprint density at radius 3 is 2.54 bits per heavy atom. The number of anilines is 2. The van der Waals surface area contributed by atoms with Crippen molar-refractivity contribution in [3.8, 4) is 11.3 Å². The van der Waals surface area contributed by atoms with Crippen molar-refractivity contribution in [2.24, 2.45) is 5.92 Å². The van der Waals surface area contributed by atoms with Gasteiger partial charge in [0.05, 0.1) is 5.69 Å². The van der Waals surface area contributed by atoms with E-state index in [1.165, 1.54) is 5.56 Å². The normalized spacial score (nSPS) is 17.6. The standard InChI is InChI=1S/C32H37N5O2/c1-2-3-7-17-36-28(26-12-14-27(15-13-26)35-18-8-11-30(35)38)23-37-31(39)21-29(33-32(36)37)34-19-16-25(22-34)20-24-9-5-4-6-10-24/h4-6,9-10,12-15,21,23,25H,2-3,7-8,11,16-20,22H2,1H3. The minimum Gasteiger partial charge on any atom is -0.356 e. The lowest BCUT2D eigenvalue weighted by Crippen LogP contribution is -2.25. The molecular formula is C32H37N5O2. The molecule has 2 aromatic carbocycles. The fourth-order valence-electron chi connectivity index (χ4n) is 6.10. The number of rotatable bonds is 9. The van der Waals surface area contributed by atoms with Crippen molar-refractivity contribution >= 4 is 23.2 Å². The summed E-state index contributed by atoms with van der Waals surface area (Å²) in [4.78, 5) is 34.8. The van der Waals surface area contributed by atoms with Gasteiger partial charge in [-0.1, -0.05) is 62.2 Å². The van der Waals surface area contributed by atoms with Gasteiger partial charge in [0.2, 0.25) is 11.7 Å². The second-order valence-corrected chi connectivity index (χ2v) is 11.0. The summed E-state index contributed by atoms with van der Waals surface area (Å²) in [7, 11) is 0. The number of unbranched alkanes of at least 4 members (excludes halogenated alkanes) is 2. The van der Waals surface area contributed by atoms with Crippen molar-refractivity contribution < 1.29 is 4.79 Å². The topological polar surface area (TPSA) is 62.9 Å². The van der Waals surface area contributed by atoms with Crippen LogP contribution in [0, 0.1) is 5.92 Å². The Hall–Kier alpha value is -3.87. The fourth-order valence-corrected chi connectivity index (χ4v) is 6.10. The van der Waals surface area contributed by atoms with E-state index in [0.717, 1.165) is 87.5 Å². The van der Waals surface area contributed by atoms with Crippen LogP contribution >= 0.6 is 0 Å². The van der Waals surface area contributed by atoms with Crippen molar-refractivity contribution in [3.05, 3.63) is 82.8 Å². The van der Waals surface area contributed by atoms with Crippen LogP contribution in [0.1, 0.15) is 51.0 Å². The van der Waals surface area contributed by atoms with E-state index in [4.69, 9.17) is 4.98 Å². The number of hydrogen-bond acceptors (Lipinski definition) is 4. The van der Waals surface area contributed by atoms with Crippen LogP contribution in [-0.2, 0) is 17.8 Å². The number of aryl methyl sites for hydroxylation is 1. The number of benzene rings is 2. The molecule has 2 fully saturated rings. The number of hydrogen-bond donors (Lipinski definition) is 0. The molecule has 0 saturated carbocycles. The van der Waals surface area contributed by atoms with Crippen molar-refractivity contribution in [2.75, 3.05) is 29.4 Å². The van der Waals surface area contributed by atoms with Gasteiger partial charge in [-0.05, 0) is 54.9 Å². The molecule has 39 heavy (non-hydrogen) atoms. The first-order valence-corrected chi connectivity index (χ1v) is 14.4. The molecule has 4 aromatic rings. The lowest BCUT2D eigenvalue weighted by molar-refractivity contribution is -0.117. The summed E-state index contributed by atoms with van der Waals surface area (Å²) in [6.45, 7) is 5.61. The lowest BCUT2D eigenvalue weighted by Gasteiger charge is -2.18. The predicted octanol–water partition coefficient (Wildman–Crippen LogP) is 5.55. The molecule has 1 unspecified atom stereocenters. The number of amides is 1. The van der Waals surface area contributed by atoms with E-state index in [-0.39, 0.29) is 11.5 Å². The average molecular weight is 524 g/mol. The summed E-state index contributed by atoms with van der Waals surface area (Å²) >= 11 is 0. The van der Waals surface area contributed by atoms with E-state index in [0.29, 0.717) is 18.1 Å². The lowest BCUT2D eigenvalue weighted by atomic mass is 9.99. The number of fused-ring (bicyclic) bond motifs is 1. The van der Waals surface area contributed by atoms with Crippen molar-refractivity contribution in [1.82, 2.24) is 14.0 Å². The van der Waals surface area contributed by atoms with Gasteiger partial charge in [-0.15, -0.1) is 0 Å². The summed E-state index contributed by atoms with van der Waals surface area (Å²) in [5, 5.41) is 0. The van der Waals surface area contributed by atoms with Gasteiger partial charge in [0.1, 0.15) is 5.82 Å². The summed E-state index contributed by atoms with van der Waals surface area (Å²) in [6, 6.07) is 20.5. The van der Waals surface area contributed by atoms with Crippen molar-refractivity contribution in [3.63, 3.8) is 0 Å². The van der Waals surface area contributed by atoms with Gasteiger partial charge in [-0.2, -0.15) is 4.98 Å². The third kappa shape index (κ3) is 5.22. The third-order valence-electron chi connectivity index (χ3n) is 8.21. The average Bonchev–Trinajstić information content (AvgIpc) is 3.69. The van der Waals surface area contributed by atoms with Crippen molar-refractivity contribution in [1.29, 1.82) is 0 Å². The van der Waals surface area contributed by atoms with Crippen LogP contribution in [-0.4, -0.2) is 39.5 Å². The van der Waals surface area contributed by atoms with Gasteiger partial charge in [0.15, 0.2) is 0 Å². The highest BCUT2D eigenvalue weighted by molar-refractivity contribution is 5.95. The molecule has 0 aliphatic carbocycles. The van der Waals surface area contributed by atoms with Crippen LogP contribution in [0.3, 0.4) is 0 Å². The fraction of sp³-hybridized carbons (Fsp3) is 0.406. The Balaban J connectivity index is 1.31. The highest BCUT2D eigenvalue weighted by Gasteiger charge is 2.26. The predicted molar refractivity (Wildman–Crippen MR) is 156 cm³/mol. The molecule has 4 heterocycles. The molecule has 2 aliphatic heterocycles. The van der Waals surface area contributed by atoms with Gasteiger partial charge in [0.25, 0.3) is 5.56 Å². The highest BCUT2D eigenvalue weighted by Crippen LogP contribution is 2.29. The van der Waals surface area contributed by atoms with Gasteiger partial charge in [-0.25, -0.2) is 0 Å². The number of imidazole rings is 1. The van der Waals surface area contributed by atoms with Crippen LogP contribution < -0.4 is 15.4 Å². The molecule has 0 spiro atoms. The Labute approximate surface area is 229 Å². The molecule has 2 saturated heterocycles. The smallest absolute Gasteiger partial charge is 0.261 e. The maximum absolute atomic E-state index is 13.4. The van der Waals surface area contributed by atoms with Crippen LogP contribution in [0.4, 0.5) is 11.5 Å². The molecule has 1 amide bonds. The summed E-state index contributed by atoms with van der Waals surface area (Å²) in [6.07, 6.45) is 8.89. The highest BCUT2D eigenvalue weighted by atomic mass is 16.2. The molecule has 202 valence electrons. The molecule has 7 heteroatoms. The van der Waals surface area contributed by atoms with E-state index in [1.807, 2.05) is 23.2 Å². The van der Waals surface area contributed by atoms with Gasteiger partial charge in [-0.3, -0.25) is 14.0 Å². The van der Waals surface area contributed by atoms with E-state index in [1.54, 1.807) is 10.5 Å². The molecule has 7 nitrogen and oxygen atoms in total. The van der Waals surface area contributed by atoms with Gasteiger partial charge < -0.3 is 14.4 Å².